The molecular formula is C15H33NSi. The maximum atomic E-state index is 2.69. The summed E-state index contributed by atoms with van der Waals surface area (Å²) >= 11 is 0. The summed E-state index contributed by atoms with van der Waals surface area (Å²) in [5.41, 5.74) is 2.48. The van der Waals surface area contributed by atoms with Gasteiger partial charge in [-0.15, -0.1) is 0 Å². The van der Waals surface area contributed by atoms with Crippen LogP contribution in [0.2, 0.25) is 19.1 Å². The zero-order valence-corrected chi connectivity index (χ0v) is 13.8. The highest BCUT2D eigenvalue weighted by molar-refractivity contribution is 6.82. The van der Waals surface area contributed by atoms with Crippen molar-refractivity contribution < 1.29 is 0 Å². The molecule has 0 N–H and O–H groups in total. The van der Waals surface area contributed by atoms with Gasteiger partial charge in [0.25, 0.3) is 0 Å². The Kier molecular flexibility index (Phi) is 9.85. The fourth-order valence-corrected chi connectivity index (χ4v) is 4.04. The third kappa shape index (κ3) is 9.60. The molecular weight excluding hydrogens is 222 g/mol. The van der Waals surface area contributed by atoms with Crippen molar-refractivity contribution in [3.63, 3.8) is 0 Å². The second-order valence-electron chi connectivity index (χ2n) is 5.79. The number of rotatable bonds is 10. The molecule has 0 aromatic rings. The third-order valence-corrected chi connectivity index (χ3v) is 6.09. The monoisotopic (exact) mass is 255 g/mol. The van der Waals surface area contributed by atoms with Crippen LogP contribution in [0.4, 0.5) is 0 Å². The molecule has 1 nitrogen and oxygen atoms in total. The van der Waals surface area contributed by atoms with Crippen LogP contribution in [0.5, 0.6) is 0 Å². The van der Waals surface area contributed by atoms with Crippen molar-refractivity contribution in [2.24, 2.45) is 0 Å². The average Bonchev–Trinajstić information content (AvgIpc) is 2.28. The van der Waals surface area contributed by atoms with E-state index in [2.05, 4.69) is 50.5 Å². The standard InChI is InChI=1S/C15H33NSi/c1-6-9-11-16(12-10-7-2)13-15-17(4,5)14-8-3/h8,14H,6-7,9-13,15H2,1-5H3. The predicted octanol–water partition coefficient (Wildman–Crippen LogP) is 4.71. The van der Waals surface area contributed by atoms with Crippen molar-refractivity contribution in [3.05, 3.63) is 11.8 Å². The lowest BCUT2D eigenvalue weighted by molar-refractivity contribution is 0.278. The summed E-state index contributed by atoms with van der Waals surface area (Å²) in [5, 5.41) is 0. The summed E-state index contributed by atoms with van der Waals surface area (Å²) in [7, 11) is -1.07. The van der Waals surface area contributed by atoms with Crippen LogP contribution in [0.3, 0.4) is 0 Å². The largest absolute Gasteiger partial charge is 0.304 e. The van der Waals surface area contributed by atoms with Gasteiger partial charge in [0, 0.05) is 0 Å². The molecule has 102 valence electrons. The Labute approximate surface area is 110 Å². The summed E-state index contributed by atoms with van der Waals surface area (Å²) in [6.45, 7) is 15.6. The molecule has 0 aliphatic heterocycles. The minimum Gasteiger partial charge on any atom is -0.304 e. The first-order valence-electron chi connectivity index (χ1n) is 7.42. The fraction of sp³-hybridized carbons (Fsp3) is 0.867. The minimum absolute atomic E-state index is 1.07. The summed E-state index contributed by atoms with van der Waals surface area (Å²) in [4.78, 5) is 2.69. The van der Waals surface area contributed by atoms with E-state index in [0.29, 0.717) is 0 Å². The molecule has 0 aliphatic rings. The lowest BCUT2D eigenvalue weighted by atomic mass is 10.2. The van der Waals surface area contributed by atoms with E-state index in [9.17, 15) is 0 Å². The van der Waals surface area contributed by atoms with Gasteiger partial charge in [-0.25, -0.2) is 0 Å². The molecule has 0 bridgehead atoms. The van der Waals surface area contributed by atoms with Crippen molar-refractivity contribution in [2.75, 3.05) is 19.6 Å². The molecule has 17 heavy (non-hydrogen) atoms. The smallest absolute Gasteiger partial charge is 0.0725 e. The summed E-state index contributed by atoms with van der Waals surface area (Å²) in [5.74, 6) is 0. The van der Waals surface area contributed by atoms with Crippen molar-refractivity contribution in [1.29, 1.82) is 0 Å². The van der Waals surface area contributed by atoms with Gasteiger partial charge in [0.1, 0.15) is 0 Å². The van der Waals surface area contributed by atoms with E-state index in [1.807, 2.05) is 0 Å². The first kappa shape index (κ1) is 16.9. The van der Waals surface area contributed by atoms with Gasteiger partial charge < -0.3 is 4.90 Å². The maximum absolute atomic E-state index is 2.69. The van der Waals surface area contributed by atoms with Gasteiger partial charge in [-0.2, -0.15) is 0 Å². The van der Waals surface area contributed by atoms with Gasteiger partial charge in [-0.3, -0.25) is 0 Å². The van der Waals surface area contributed by atoms with Crippen LogP contribution in [-0.4, -0.2) is 32.6 Å². The van der Waals surface area contributed by atoms with Gasteiger partial charge in [0.2, 0.25) is 0 Å². The van der Waals surface area contributed by atoms with Crippen LogP contribution in [-0.2, 0) is 0 Å². The molecule has 0 rings (SSSR count). The molecule has 0 aliphatic carbocycles. The van der Waals surface area contributed by atoms with Crippen LogP contribution in [0.25, 0.3) is 0 Å². The van der Waals surface area contributed by atoms with E-state index in [4.69, 9.17) is 0 Å². The Morgan fingerprint density at radius 2 is 1.47 bits per heavy atom. The van der Waals surface area contributed by atoms with Crippen molar-refractivity contribution >= 4 is 8.07 Å². The molecule has 0 aromatic carbocycles. The van der Waals surface area contributed by atoms with E-state index in [0.717, 1.165) is 0 Å². The van der Waals surface area contributed by atoms with E-state index < -0.39 is 8.07 Å². The van der Waals surface area contributed by atoms with Gasteiger partial charge in [0.15, 0.2) is 0 Å². The molecule has 0 atom stereocenters. The van der Waals surface area contributed by atoms with Crippen LogP contribution in [0.1, 0.15) is 46.5 Å². The first-order valence-corrected chi connectivity index (χ1v) is 10.7. The topological polar surface area (TPSA) is 3.24 Å². The summed E-state index contributed by atoms with van der Waals surface area (Å²) in [6.07, 6.45) is 7.59. The molecule has 0 radical (unpaired) electrons. The van der Waals surface area contributed by atoms with Gasteiger partial charge >= 0.3 is 0 Å². The second-order valence-corrected chi connectivity index (χ2v) is 10.6. The van der Waals surface area contributed by atoms with E-state index in [1.54, 1.807) is 0 Å². The number of unbranched alkanes of at least 4 members (excludes halogenated alkanes) is 2. The normalized spacial score (nSPS) is 12.8. The Balaban J connectivity index is 4.04. The summed E-state index contributed by atoms with van der Waals surface area (Å²) < 4.78 is 0. The lowest BCUT2D eigenvalue weighted by Crippen LogP contribution is -2.33. The SMILES string of the molecule is CC=C[Si](C)(C)CCN(CCCC)CCCC. The molecule has 2 heteroatoms. The molecule has 0 amide bonds. The molecule has 0 unspecified atom stereocenters. The average molecular weight is 256 g/mol. The Bertz CT molecular complexity index is 191. The van der Waals surface area contributed by atoms with Crippen LogP contribution >= 0.6 is 0 Å². The van der Waals surface area contributed by atoms with Crippen molar-refractivity contribution in [3.8, 4) is 0 Å². The number of nitrogens with zero attached hydrogens (tertiary/aromatic N) is 1. The minimum atomic E-state index is -1.07. The highest BCUT2D eigenvalue weighted by Crippen LogP contribution is 2.13. The zero-order valence-electron chi connectivity index (χ0n) is 12.8. The van der Waals surface area contributed by atoms with Gasteiger partial charge in [-0.05, 0) is 45.4 Å². The highest BCUT2D eigenvalue weighted by atomic mass is 28.3. The van der Waals surface area contributed by atoms with Gasteiger partial charge in [-0.1, -0.05) is 51.6 Å². The van der Waals surface area contributed by atoms with Crippen LogP contribution < -0.4 is 0 Å². The second kappa shape index (κ2) is 9.90. The lowest BCUT2D eigenvalue weighted by Gasteiger charge is -2.26. The van der Waals surface area contributed by atoms with E-state index in [-0.39, 0.29) is 0 Å². The summed E-state index contributed by atoms with van der Waals surface area (Å²) in [6, 6.07) is 1.41. The van der Waals surface area contributed by atoms with E-state index >= 15 is 0 Å². The van der Waals surface area contributed by atoms with Crippen LogP contribution in [0.15, 0.2) is 11.8 Å². The predicted molar refractivity (Wildman–Crippen MR) is 83.4 cm³/mol. The van der Waals surface area contributed by atoms with Gasteiger partial charge in [0.05, 0.1) is 8.07 Å². The van der Waals surface area contributed by atoms with Crippen LogP contribution in [0, 0.1) is 0 Å². The molecule has 0 fully saturated rings. The quantitative estimate of drug-likeness (QED) is 0.511. The number of hydrogen-bond donors (Lipinski definition) is 0. The molecule has 0 saturated heterocycles. The number of allylic oxidation sites excluding steroid dienone is 1. The Hall–Kier alpha value is -0.0831. The van der Waals surface area contributed by atoms with Crippen molar-refractivity contribution in [2.45, 2.75) is 65.6 Å². The Morgan fingerprint density at radius 3 is 1.88 bits per heavy atom. The molecule has 0 aromatic heterocycles. The zero-order chi connectivity index (χ0) is 13.1. The highest BCUT2D eigenvalue weighted by Gasteiger charge is 2.17. The Morgan fingerprint density at radius 1 is 0.941 bits per heavy atom. The molecule has 0 saturated carbocycles. The third-order valence-electron chi connectivity index (χ3n) is 3.35. The first-order chi connectivity index (χ1) is 8.05. The number of hydrogen-bond acceptors (Lipinski definition) is 1. The molecule has 0 heterocycles. The molecule has 0 spiro atoms. The van der Waals surface area contributed by atoms with E-state index in [1.165, 1.54) is 51.4 Å². The fourth-order valence-electron chi connectivity index (χ4n) is 2.08. The van der Waals surface area contributed by atoms with Crippen molar-refractivity contribution in [1.82, 2.24) is 4.90 Å². The maximum Gasteiger partial charge on any atom is 0.0725 e.